The Hall–Kier alpha value is -2.14. The summed E-state index contributed by atoms with van der Waals surface area (Å²) < 4.78 is 5.35. The molecule has 5 nitrogen and oxygen atoms in total. The third-order valence-corrected chi connectivity index (χ3v) is 3.25. The topological polar surface area (TPSA) is 71.5 Å². The minimum atomic E-state index is -0.999. The zero-order valence-electron chi connectivity index (χ0n) is 11.8. The number of aromatic nitrogens is 1. The Balaban J connectivity index is 2.47. The Labute approximate surface area is 117 Å². The largest absolute Gasteiger partial charge is 0.478 e. The molecule has 0 atom stereocenters. The second kappa shape index (κ2) is 5.46. The van der Waals surface area contributed by atoms with Gasteiger partial charge in [-0.15, -0.1) is 0 Å². The highest BCUT2D eigenvalue weighted by atomic mass is 16.5. The summed E-state index contributed by atoms with van der Waals surface area (Å²) >= 11 is 0. The normalized spacial score (nSPS) is 11.6. The molecule has 1 aromatic carbocycles. The first-order valence-corrected chi connectivity index (χ1v) is 6.35. The third kappa shape index (κ3) is 2.88. The fourth-order valence-electron chi connectivity index (χ4n) is 1.87. The number of pyridine rings is 1. The minimum absolute atomic E-state index is 0.163. The van der Waals surface area contributed by atoms with E-state index < -0.39 is 5.97 Å². The molecule has 0 aliphatic heterocycles. The maximum Gasteiger partial charge on any atom is 0.339 e. The van der Waals surface area contributed by atoms with Crippen molar-refractivity contribution in [3.63, 3.8) is 0 Å². The van der Waals surface area contributed by atoms with Gasteiger partial charge >= 0.3 is 5.97 Å². The number of methoxy groups -OCH3 is 1. The van der Waals surface area contributed by atoms with E-state index in [2.05, 4.69) is 10.3 Å². The van der Waals surface area contributed by atoms with Crippen molar-refractivity contribution in [1.29, 1.82) is 0 Å². The summed E-state index contributed by atoms with van der Waals surface area (Å²) in [6, 6.07) is 7.45. The van der Waals surface area contributed by atoms with Crippen molar-refractivity contribution >= 4 is 22.6 Å². The van der Waals surface area contributed by atoms with Crippen molar-refractivity contribution in [1.82, 2.24) is 4.98 Å². The second-order valence-corrected chi connectivity index (χ2v) is 5.19. The summed E-state index contributed by atoms with van der Waals surface area (Å²) in [6.07, 6.45) is 1.38. The van der Waals surface area contributed by atoms with Crippen LogP contribution in [0.1, 0.15) is 24.2 Å². The van der Waals surface area contributed by atoms with Crippen LogP contribution in [0.15, 0.2) is 30.5 Å². The number of nitrogens with one attached hydrogen (secondary N) is 1. The van der Waals surface area contributed by atoms with Gasteiger partial charge < -0.3 is 15.2 Å². The van der Waals surface area contributed by atoms with Crippen molar-refractivity contribution in [2.24, 2.45) is 0 Å². The molecule has 0 unspecified atom stereocenters. The average Bonchev–Trinajstić information content (AvgIpc) is 2.44. The summed E-state index contributed by atoms with van der Waals surface area (Å²) in [7, 11) is 1.63. The lowest BCUT2D eigenvalue weighted by Gasteiger charge is -2.24. The Morgan fingerprint density at radius 1 is 1.40 bits per heavy atom. The average molecular weight is 274 g/mol. The molecule has 0 aliphatic rings. The van der Waals surface area contributed by atoms with Crippen LogP contribution in [0.4, 0.5) is 5.69 Å². The predicted octanol–water partition coefficient (Wildman–Crippen LogP) is 2.77. The van der Waals surface area contributed by atoms with E-state index >= 15 is 0 Å². The van der Waals surface area contributed by atoms with Gasteiger partial charge in [0.25, 0.3) is 0 Å². The first-order chi connectivity index (χ1) is 9.44. The van der Waals surface area contributed by atoms with Gasteiger partial charge in [-0.1, -0.05) is 18.2 Å². The van der Waals surface area contributed by atoms with Gasteiger partial charge in [-0.05, 0) is 19.9 Å². The van der Waals surface area contributed by atoms with E-state index in [1.807, 2.05) is 38.1 Å². The number of hydrogen-bond acceptors (Lipinski definition) is 4. The van der Waals surface area contributed by atoms with Crippen molar-refractivity contribution in [3.8, 4) is 0 Å². The van der Waals surface area contributed by atoms with Gasteiger partial charge in [0.05, 0.1) is 16.8 Å². The molecular formula is C15H18N2O3. The number of fused-ring (bicyclic) bond motifs is 1. The van der Waals surface area contributed by atoms with Gasteiger partial charge in [0.1, 0.15) is 5.56 Å². The van der Waals surface area contributed by atoms with E-state index in [1.54, 1.807) is 7.11 Å². The summed E-state index contributed by atoms with van der Waals surface area (Å²) in [5, 5.41) is 13.3. The Morgan fingerprint density at radius 2 is 2.10 bits per heavy atom. The Bertz CT molecular complexity index is 638. The molecule has 0 saturated carbocycles. The highest BCUT2D eigenvalue weighted by Gasteiger charge is 2.19. The third-order valence-electron chi connectivity index (χ3n) is 3.25. The second-order valence-electron chi connectivity index (χ2n) is 5.19. The number of aromatic carboxylic acids is 1. The van der Waals surface area contributed by atoms with Crippen LogP contribution in [0.2, 0.25) is 0 Å². The standard InChI is InChI=1S/C15H18N2O3/c1-15(2,20-3)9-17-13-10-6-4-5-7-12(10)16-8-11(13)14(18)19/h4-8H,9H2,1-3H3,(H,16,17)(H,18,19). The van der Waals surface area contributed by atoms with Crippen molar-refractivity contribution in [2.75, 3.05) is 19.0 Å². The van der Waals surface area contributed by atoms with Gasteiger partial charge in [-0.3, -0.25) is 4.98 Å². The highest BCUT2D eigenvalue weighted by molar-refractivity contribution is 6.04. The molecule has 106 valence electrons. The van der Waals surface area contributed by atoms with Gasteiger partial charge in [0.15, 0.2) is 0 Å². The zero-order valence-corrected chi connectivity index (χ0v) is 11.8. The minimum Gasteiger partial charge on any atom is -0.478 e. The highest BCUT2D eigenvalue weighted by Crippen LogP contribution is 2.26. The van der Waals surface area contributed by atoms with Crippen molar-refractivity contribution < 1.29 is 14.6 Å². The van der Waals surface area contributed by atoms with E-state index in [0.717, 1.165) is 10.9 Å². The Kier molecular flexibility index (Phi) is 3.90. The predicted molar refractivity (Wildman–Crippen MR) is 78.3 cm³/mol. The molecule has 0 bridgehead atoms. The number of ether oxygens (including phenoxy) is 1. The molecular weight excluding hydrogens is 256 g/mol. The summed E-state index contributed by atoms with van der Waals surface area (Å²) in [6.45, 7) is 4.37. The van der Waals surface area contributed by atoms with Crippen LogP contribution in [0.25, 0.3) is 10.9 Å². The fraction of sp³-hybridized carbons (Fsp3) is 0.333. The lowest BCUT2D eigenvalue weighted by molar-refractivity contribution is 0.0343. The van der Waals surface area contributed by atoms with Gasteiger partial charge in [0.2, 0.25) is 0 Å². The van der Waals surface area contributed by atoms with Crippen LogP contribution in [0.3, 0.4) is 0 Å². The van der Waals surface area contributed by atoms with Crippen LogP contribution in [-0.2, 0) is 4.74 Å². The van der Waals surface area contributed by atoms with Crippen LogP contribution in [0.5, 0.6) is 0 Å². The molecule has 0 radical (unpaired) electrons. The first kappa shape index (κ1) is 14.3. The molecule has 1 aromatic heterocycles. The number of nitrogens with zero attached hydrogens (tertiary/aromatic N) is 1. The van der Waals surface area contributed by atoms with E-state index in [1.165, 1.54) is 6.20 Å². The van der Waals surface area contributed by atoms with E-state index in [4.69, 9.17) is 4.74 Å². The van der Waals surface area contributed by atoms with Crippen LogP contribution < -0.4 is 5.32 Å². The maximum atomic E-state index is 11.3. The summed E-state index contributed by atoms with van der Waals surface area (Å²) in [4.78, 5) is 15.5. The number of carboxylic acid groups (broad SMARTS) is 1. The summed E-state index contributed by atoms with van der Waals surface area (Å²) in [5.74, 6) is -0.999. The van der Waals surface area contributed by atoms with E-state index in [0.29, 0.717) is 12.2 Å². The molecule has 0 amide bonds. The van der Waals surface area contributed by atoms with Crippen molar-refractivity contribution in [3.05, 3.63) is 36.0 Å². The first-order valence-electron chi connectivity index (χ1n) is 6.35. The smallest absolute Gasteiger partial charge is 0.339 e. The SMILES string of the molecule is COC(C)(C)CNc1c(C(=O)O)cnc2ccccc12. The molecule has 0 aliphatic carbocycles. The monoisotopic (exact) mass is 274 g/mol. The fourth-order valence-corrected chi connectivity index (χ4v) is 1.87. The van der Waals surface area contributed by atoms with Crippen LogP contribution in [-0.4, -0.2) is 35.3 Å². The van der Waals surface area contributed by atoms with Gasteiger partial charge in [-0.25, -0.2) is 4.79 Å². The zero-order chi connectivity index (χ0) is 14.8. The molecule has 20 heavy (non-hydrogen) atoms. The molecule has 0 saturated heterocycles. The number of benzene rings is 1. The lowest BCUT2D eigenvalue weighted by Crippen LogP contribution is -2.32. The van der Waals surface area contributed by atoms with E-state index in [9.17, 15) is 9.90 Å². The number of carboxylic acids is 1. The maximum absolute atomic E-state index is 11.3. The molecule has 0 spiro atoms. The quantitative estimate of drug-likeness (QED) is 0.877. The van der Waals surface area contributed by atoms with Crippen LogP contribution in [0, 0.1) is 0 Å². The molecule has 2 rings (SSSR count). The van der Waals surface area contributed by atoms with Gasteiger partial charge in [-0.2, -0.15) is 0 Å². The van der Waals surface area contributed by atoms with Gasteiger partial charge in [0, 0.05) is 25.2 Å². The molecule has 1 heterocycles. The number of carbonyl (C=O) groups is 1. The summed E-state index contributed by atoms with van der Waals surface area (Å²) in [5.41, 5.74) is 1.11. The van der Waals surface area contributed by atoms with E-state index in [-0.39, 0.29) is 11.2 Å². The van der Waals surface area contributed by atoms with Crippen LogP contribution >= 0.6 is 0 Å². The number of anilines is 1. The van der Waals surface area contributed by atoms with Crippen molar-refractivity contribution in [2.45, 2.75) is 19.4 Å². The molecule has 5 heteroatoms. The number of hydrogen-bond donors (Lipinski definition) is 2. The Morgan fingerprint density at radius 3 is 2.75 bits per heavy atom. The molecule has 2 N–H and O–H groups in total. The molecule has 2 aromatic rings. The number of para-hydroxylation sites is 1. The lowest BCUT2D eigenvalue weighted by atomic mass is 10.1. The molecule has 0 fully saturated rings. The number of rotatable bonds is 5.